The third kappa shape index (κ3) is 18.9. The van der Waals surface area contributed by atoms with Crippen LogP contribution in [0.3, 0.4) is 0 Å². The number of allylic oxidation sites excluding steroid dienone is 3. The topological polar surface area (TPSA) is 337 Å². The Bertz CT molecular complexity index is 2980. The molecule has 9 amide bonds. The molecule has 2 aromatic carbocycles. The molecule has 25 nitrogen and oxygen atoms in total. The van der Waals surface area contributed by atoms with Crippen LogP contribution in [0.1, 0.15) is 109 Å². The van der Waals surface area contributed by atoms with Crippen molar-refractivity contribution in [3.63, 3.8) is 0 Å². The second-order valence-corrected chi connectivity index (χ2v) is 23.7. The lowest BCUT2D eigenvalue weighted by Crippen LogP contribution is -2.63. The van der Waals surface area contributed by atoms with Gasteiger partial charge in [-0.25, -0.2) is 14.4 Å². The van der Waals surface area contributed by atoms with Crippen molar-refractivity contribution in [1.82, 2.24) is 31.5 Å². The Morgan fingerprint density at radius 1 is 0.977 bits per heavy atom. The summed E-state index contributed by atoms with van der Waals surface area (Å²) in [7, 11) is 7.03. The molecule has 2 aromatic rings. The van der Waals surface area contributed by atoms with Crippen LogP contribution in [0.2, 0.25) is 5.02 Å². The normalized spacial score (nSPS) is 23.8. The van der Waals surface area contributed by atoms with Crippen LogP contribution in [0.4, 0.5) is 21.0 Å². The second kappa shape index (κ2) is 32.3. The summed E-state index contributed by atoms with van der Waals surface area (Å²) in [6, 6.07) is 3.35. The highest BCUT2D eigenvalue weighted by Gasteiger charge is 2.64. The molecule has 0 aliphatic carbocycles. The first-order valence-electron chi connectivity index (χ1n) is 29.0. The maximum atomic E-state index is 14.5. The number of alkyl carbamates (subject to hydrolysis) is 1. The van der Waals surface area contributed by atoms with Gasteiger partial charge in [0.15, 0.2) is 5.72 Å². The number of urea groups is 1. The van der Waals surface area contributed by atoms with E-state index in [0.717, 1.165) is 16.0 Å². The summed E-state index contributed by atoms with van der Waals surface area (Å²) in [5.74, 6) is -4.87. The average Bonchev–Trinajstić information content (AvgIpc) is 2.18. The van der Waals surface area contributed by atoms with Crippen molar-refractivity contribution in [2.24, 2.45) is 17.6 Å². The molecule has 4 bridgehead atoms. The van der Waals surface area contributed by atoms with E-state index in [1.165, 1.54) is 65.4 Å². The zero-order chi connectivity index (χ0) is 65.4. The van der Waals surface area contributed by atoms with E-state index < -0.39 is 114 Å². The highest BCUT2D eigenvalue weighted by molar-refractivity contribution is 9.09. The number of unbranched alkanes of at least 4 members (excludes halogenated alkanes) is 2. The number of alkyl halides is 1. The Balaban J connectivity index is 1.34. The molecule has 0 saturated carbocycles. The van der Waals surface area contributed by atoms with E-state index in [1.807, 2.05) is 13.0 Å². The van der Waals surface area contributed by atoms with Crippen LogP contribution in [0.5, 0.6) is 11.5 Å². The van der Waals surface area contributed by atoms with Gasteiger partial charge in [0.25, 0.3) is 5.91 Å². The van der Waals surface area contributed by atoms with Gasteiger partial charge in [0, 0.05) is 75.7 Å². The summed E-state index contributed by atoms with van der Waals surface area (Å²) in [6.07, 6.45) is 2.03. The summed E-state index contributed by atoms with van der Waals surface area (Å²) in [5.41, 5.74) is 4.39. The van der Waals surface area contributed by atoms with Gasteiger partial charge in [-0.15, -0.1) is 0 Å². The Morgan fingerprint density at radius 3 is 2.32 bits per heavy atom. The quantitative estimate of drug-likeness (QED) is 0.0201. The highest BCUT2D eigenvalue weighted by Crippen LogP contribution is 2.49. The lowest BCUT2D eigenvalue weighted by molar-refractivity contribution is -0.158. The van der Waals surface area contributed by atoms with Crippen molar-refractivity contribution >= 4 is 92.4 Å². The van der Waals surface area contributed by atoms with Crippen LogP contribution in [-0.2, 0) is 54.1 Å². The first kappa shape index (κ1) is 71.5. The van der Waals surface area contributed by atoms with Crippen molar-refractivity contribution in [2.45, 2.75) is 153 Å². The molecule has 5 rings (SSSR count). The standard InChI is InChI=1S/C61H85BrClN9O16/c1-33(2)51(69-48(73)21-14-13-15-24-65-53(75)35(4)32-62)55(77)68-41(19-17-25-66-58(64)80)54(76)67-39-22-23-40(43(29-39)83-10)56(78)71(8)37(6)57(79)87-47-30-49(74)72(9)42-27-38(28-44(84-11)50(42)63)26-34(3)18-16-20-46(85-12)61(82)31-45(86-59(81)70-61)36(5)52-60(47,7)88-52/h16,18,20,22-23,27-29,33,36-37,41,45-47,51-52,82H,4,13-15,17,19,21,24-26,30-32H2,1-3,5-12H3,(H,65,75)(H,67,76)(H,68,77)(H,69,73)(H,70,81)(H3,64,66,80)/b20-16+,34-18+/t36-,37+,41+,45+,46-,47+,51+,52+,60+,61+/m1/s1. The number of benzene rings is 2. The molecule has 2 fully saturated rings. The maximum absolute atomic E-state index is 14.5. The van der Waals surface area contributed by atoms with Crippen molar-refractivity contribution in [2.75, 3.05) is 64.1 Å². The van der Waals surface area contributed by atoms with Crippen LogP contribution in [-0.4, -0.2) is 171 Å². The van der Waals surface area contributed by atoms with Gasteiger partial charge in [0.2, 0.25) is 29.5 Å². The predicted molar refractivity (Wildman–Crippen MR) is 332 cm³/mol. The molecule has 3 heterocycles. The number of carbonyl (C=O) groups is 9. The monoisotopic (exact) mass is 1310 g/mol. The van der Waals surface area contributed by atoms with Gasteiger partial charge in [0.1, 0.15) is 58.6 Å². The number of primary amides is 1. The SMILES string of the molecule is C=C(CBr)C(=O)NCCCCCC(=O)N[C@H](C(=O)N[C@@H](CCCNC(N)=O)C(=O)Nc1ccc(C(=O)N(C)[C@@H](C)C(=O)O[C@H]2CC(=O)N(C)c3cc(cc(OC)c3Cl)C/C(C)=C/C=C/[C@@H](OC)[C@@]3(O)C[C@H](OC(=O)N3)[C@@H](C)[C@@H]3O[C@@]23C)c(OC)c1)C(C)C. The van der Waals surface area contributed by atoms with Crippen molar-refractivity contribution < 1.29 is 76.7 Å². The fourth-order valence-corrected chi connectivity index (χ4v) is 10.9. The van der Waals surface area contributed by atoms with E-state index in [0.29, 0.717) is 54.6 Å². The number of hydrogen-bond acceptors (Lipinski definition) is 16. The molecule has 0 aromatic heterocycles. The highest BCUT2D eigenvalue weighted by atomic mass is 79.9. The number of rotatable bonds is 25. The molecule has 2 saturated heterocycles. The number of fused-ring (bicyclic) bond motifs is 5. The average molecular weight is 1320 g/mol. The van der Waals surface area contributed by atoms with Gasteiger partial charge in [-0.05, 0) is 88.6 Å². The lowest BCUT2D eigenvalue weighted by atomic mass is 9.83. The number of nitrogens with two attached hydrogens (primary N) is 1. The lowest BCUT2D eigenvalue weighted by Gasteiger charge is -2.42. The predicted octanol–water partition coefficient (Wildman–Crippen LogP) is 5.48. The number of nitrogens with one attached hydrogen (secondary N) is 6. The number of nitrogens with zero attached hydrogens (tertiary/aromatic N) is 2. The Labute approximate surface area is 527 Å². The van der Waals surface area contributed by atoms with Gasteiger partial charge in [-0.3, -0.25) is 34.1 Å². The molecule has 27 heteroatoms. The maximum Gasteiger partial charge on any atom is 0.409 e. The molecule has 88 heavy (non-hydrogen) atoms. The van der Waals surface area contributed by atoms with Gasteiger partial charge < -0.3 is 75.6 Å². The van der Waals surface area contributed by atoms with Crippen molar-refractivity contribution in [3.8, 4) is 11.5 Å². The van der Waals surface area contributed by atoms with Crippen LogP contribution in [0.25, 0.3) is 0 Å². The number of anilines is 2. The van der Waals surface area contributed by atoms with Gasteiger partial charge >= 0.3 is 18.1 Å². The minimum absolute atomic E-state index is 0.0120. The van der Waals surface area contributed by atoms with E-state index in [4.69, 9.17) is 45.8 Å². The van der Waals surface area contributed by atoms with Crippen molar-refractivity contribution in [3.05, 3.63) is 82.4 Å². The van der Waals surface area contributed by atoms with E-state index in [2.05, 4.69) is 54.4 Å². The number of amides is 9. The molecule has 9 N–H and O–H groups in total. The number of aliphatic hydroxyl groups is 1. The minimum atomic E-state index is -1.92. The first-order valence-corrected chi connectivity index (χ1v) is 30.5. The molecule has 0 unspecified atom stereocenters. The Hall–Kier alpha value is -7.26. The number of halogens is 2. The summed E-state index contributed by atoms with van der Waals surface area (Å²) in [4.78, 5) is 123. The fourth-order valence-electron chi connectivity index (χ4n) is 10.3. The zero-order valence-corrected chi connectivity index (χ0v) is 54.1. The minimum Gasteiger partial charge on any atom is -0.496 e. The summed E-state index contributed by atoms with van der Waals surface area (Å²) in [6.45, 7) is 14.4. The van der Waals surface area contributed by atoms with Crippen LogP contribution < -0.4 is 52.0 Å². The number of carbonyl (C=O) groups excluding carboxylic acids is 9. The van der Waals surface area contributed by atoms with E-state index >= 15 is 0 Å². The Morgan fingerprint density at radius 2 is 1.67 bits per heavy atom. The summed E-state index contributed by atoms with van der Waals surface area (Å²) < 4.78 is 35.2. The largest absolute Gasteiger partial charge is 0.496 e. The number of ether oxygens (including phenoxy) is 6. The third-order valence-corrected chi connectivity index (χ3v) is 16.9. The summed E-state index contributed by atoms with van der Waals surface area (Å²) in [5, 5.41) is 28.4. The number of methoxy groups -OCH3 is 3. The number of esters is 1. The Kier molecular flexibility index (Phi) is 26.2. The zero-order valence-electron chi connectivity index (χ0n) is 51.8. The molecule has 3 aliphatic heterocycles. The second-order valence-electron chi connectivity index (χ2n) is 22.8. The number of epoxide rings is 1. The van der Waals surface area contributed by atoms with Crippen LogP contribution in [0.15, 0.2) is 66.3 Å². The number of likely N-dealkylation sites (N-methyl/N-ethyl adjacent to an activating group) is 1. The third-order valence-electron chi connectivity index (χ3n) is 15.9. The molecule has 3 aliphatic rings. The fraction of sp³-hybridized carbons (Fsp3) is 0.557. The van der Waals surface area contributed by atoms with Gasteiger partial charge in [-0.1, -0.05) is 85.1 Å². The molecular weight excluding hydrogens is 1230 g/mol. The van der Waals surface area contributed by atoms with Crippen LogP contribution in [0, 0.1) is 11.8 Å². The molecule has 484 valence electrons. The molecule has 0 radical (unpaired) electrons. The first-order chi connectivity index (χ1) is 41.5. The van der Waals surface area contributed by atoms with E-state index in [1.54, 1.807) is 52.0 Å². The van der Waals surface area contributed by atoms with Crippen LogP contribution >= 0.6 is 27.5 Å². The van der Waals surface area contributed by atoms with Gasteiger partial charge in [0.05, 0.1) is 38.0 Å². The van der Waals surface area contributed by atoms with E-state index in [-0.39, 0.29) is 66.1 Å². The number of hydrogen-bond donors (Lipinski definition) is 8. The molecule has 10 atom stereocenters. The van der Waals surface area contributed by atoms with Gasteiger partial charge in [-0.2, -0.15) is 0 Å². The van der Waals surface area contributed by atoms with E-state index in [9.17, 15) is 48.3 Å². The molecular formula is C61H85BrClN9O16. The summed E-state index contributed by atoms with van der Waals surface area (Å²) >= 11 is 10.1. The molecule has 0 spiro atoms. The smallest absolute Gasteiger partial charge is 0.409 e. The van der Waals surface area contributed by atoms with Crippen molar-refractivity contribution in [1.29, 1.82) is 0 Å².